The standard InChI is InChI=1S/C21H15Cl3N2O4/c1-3-26-10(2)17(11-4-7-14(23)16(9-11)25-30)20(27)18(21(28)29)19(26)12-5-6-13(22)15(24)8-12/h4-9H,3H2,1-2H3,(H,28,29). The van der Waals surface area contributed by atoms with E-state index in [9.17, 15) is 19.6 Å². The molecular formula is C21H15Cl3N2O4. The number of pyridine rings is 1. The lowest BCUT2D eigenvalue weighted by atomic mass is 9.96. The van der Waals surface area contributed by atoms with Crippen LogP contribution in [0.25, 0.3) is 22.4 Å². The fraction of sp³-hybridized carbons (Fsp3) is 0.143. The highest BCUT2D eigenvalue weighted by Gasteiger charge is 2.26. The summed E-state index contributed by atoms with van der Waals surface area (Å²) in [6.45, 7) is 3.91. The van der Waals surface area contributed by atoms with Crippen LogP contribution < -0.4 is 5.43 Å². The van der Waals surface area contributed by atoms with E-state index in [-0.39, 0.29) is 27.0 Å². The summed E-state index contributed by atoms with van der Waals surface area (Å²) in [6, 6.07) is 9.02. The lowest BCUT2D eigenvalue weighted by Crippen LogP contribution is -2.25. The maximum atomic E-state index is 13.3. The van der Waals surface area contributed by atoms with Crippen molar-refractivity contribution in [1.29, 1.82) is 0 Å². The van der Waals surface area contributed by atoms with E-state index in [2.05, 4.69) is 5.18 Å². The van der Waals surface area contributed by atoms with Gasteiger partial charge in [0, 0.05) is 23.4 Å². The molecule has 0 radical (unpaired) electrons. The number of benzene rings is 2. The van der Waals surface area contributed by atoms with Crippen LogP contribution in [-0.2, 0) is 6.54 Å². The molecule has 154 valence electrons. The molecule has 0 aliphatic heterocycles. The summed E-state index contributed by atoms with van der Waals surface area (Å²) in [5, 5.41) is 13.4. The largest absolute Gasteiger partial charge is 0.477 e. The predicted molar refractivity (Wildman–Crippen MR) is 119 cm³/mol. The minimum Gasteiger partial charge on any atom is -0.477 e. The van der Waals surface area contributed by atoms with Crippen molar-refractivity contribution >= 4 is 46.5 Å². The molecule has 0 fully saturated rings. The number of aromatic carboxylic acids is 1. The maximum absolute atomic E-state index is 13.3. The van der Waals surface area contributed by atoms with Crippen molar-refractivity contribution < 1.29 is 9.90 Å². The number of carbonyl (C=O) groups is 1. The molecule has 1 N–H and O–H groups in total. The van der Waals surface area contributed by atoms with E-state index < -0.39 is 17.0 Å². The lowest BCUT2D eigenvalue weighted by molar-refractivity contribution is 0.0695. The first-order chi connectivity index (χ1) is 14.2. The van der Waals surface area contributed by atoms with Crippen molar-refractivity contribution in [3.05, 3.63) is 77.9 Å². The molecule has 0 saturated heterocycles. The first-order valence-corrected chi connectivity index (χ1v) is 9.94. The van der Waals surface area contributed by atoms with Gasteiger partial charge in [-0.2, -0.15) is 0 Å². The molecule has 2 aromatic carbocycles. The van der Waals surface area contributed by atoms with Gasteiger partial charge in [-0.05, 0) is 48.9 Å². The van der Waals surface area contributed by atoms with Crippen LogP contribution in [0.15, 0.2) is 46.4 Å². The van der Waals surface area contributed by atoms with Crippen LogP contribution in [0.1, 0.15) is 23.0 Å². The van der Waals surface area contributed by atoms with Crippen LogP contribution in [0.3, 0.4) is 0 Å². The zero-order valence-electron chi connectivity index (χ0n) is 15.9. The first-order valence-electron chi connectivity index (χ1n) is 8.80. The number of nitrogens with zero attached hydrogens (tertiary/aromatic N) is 2. The average Bonchev–Trinajstić information content (AvgIpc) is 2.70. The van der Waals surface area contributed by atoms with Gasteiger partial charge in [0.2, 0.25) is 5.43 Å². The quantitative estimate of drug-likeness (QED) is 0.432. The van der Waals surface area contributed by atoms with Crippen LogP contribution >= 0.6 is 34.8 Å². The van der Waals surface area contributed by atoms with Crippen LogP contribution in [0, 0.1) is 11.8 Å². The number of halogens is 3. The third-order valence-electron chi connectivity index (χ3n) is 4.78. The molecule has 0 aliphatic carbocycles. The predicted octanol–water partition coefficient (Wildman–Crippen LogP) is 6.57. The van der Waals surface area contributed by atoms with Crippen LogP contribution in [0.2, 0.25) is 15.1 Å². The number of rotatable bonds is 5. The van der Waals surface area contributed by atoms with E-state index in [1.165, 1.54) is 18.2 Å². The van der Waals surface area contributed by atoms with Crippen molar-refractivity contribution in [2.45, 2.75) is 20.4 Å². The smallest absolute Gasteiger partial charge is 0.341 e. The average molecular weight is 466 g/mol. The van der Waals surface area contributed by atoms with E-state index in [0.29, 0.717) is 28.4 Å². The van der Waals surface area contributed by atoms with Crippen molar-refractivity contribution in [3.8, 4) is 22.4 Å². The summed E-state index contributed by atoms with van der Waals surface area (Å²) in [6.07, 6.45) is 0. The molecule has 0 saturated carbocycles. The van der Waals surface area contributed by atoms with Gasteiger partial charge in [-0.25, -0.2) is 4.79 Å². The highest BCUT2D eigenvalue weighted by atomic mass is 35.5. The van der Waals surface area contributed by atoms with Gasteiger partial charge >= 0.3 is 5.97 Å². The second-order valence-corrected chi connectivity index (χ2v) is 7.67. The number of hydrogen-bond acceptors (Lipinski definition) is 4. The molecule has 3 rings (SSSR count). The molecular weight excluding hydrogens is 451 g/mol. The molecule has 0 amide bonds. The van der Waals surface area contributed by atoms with Gasteiger partial charge in [0.1, 0.15) is 11.3 Å². The van der Waals surface area contributed by atoms with Crippen molar-refractivity contribution in [2.24, 2.45) is 5.18 Å². The lowest BCUT2D eigenvalue weighted by Gasteiger charge is -2.21. The second kappa shape index (κ2) is 8.60. The van der Waals surface area contributed by atoms with Crippen molar-refractivity contribution in [3.63, 3.8) is 0 Å². The summed E-state index contributed by atoms with van der Waals surface area (Å²) >= 11 is 18.1. The van der Waals surface area contributed by atoms with Gasteiger partial charge in [0.15, 0.2) is 0 Å². The third-order valence-corrected chi connectivity index (χ3v) is 5.84. The minimum atomic E-state index is -1.38. The molecule has 0 atom stereocenters. The Morgan fingerprint density at radius 3 is 2.23 bits per heavy atom. The molecule has 6 nitrogen and oxygen atoms in total. The van der Waals surface area contributed by atoms with Crippen molar-refractivity contribution in [1.82, 2.24) is 4.57 Å². The van der Waals surface area contributed by atoms with Crippen LogP contribution in [0.4, 0.5) is 5.69 Å². The van der Waals surface area contributed by atoms with Gasteiger partial charge < -0.3 is 9.67 Å². The summed E-state index contributed by atoms with van der Waals surface area (Å²) in [5.41, 5.74) is 0.548. The van der Waals surface area contributed by atoms with Crippen LogP contribution in [0.5, 0.6) is 0 Å². The summed E-state index contributed by atoms with van der Waals surface area (Å²) in [4.78, 5) is 36.5. The Labute approximate surface area is 186 Å². The van der Waals surface area contributed by atoms with Gasteiger partial charge in [-0.1, -0.05) is 46.9 Å². The van der Waals surface area contributed by atoms with Crippen molar-refractivity contribution in [2.75, 3.05) is 0 Å². The molecule has 0 aliphatic rings. The Kier molecular flexibility index (Phi) is 6.31. The summed E-state index contributed by atoms with van der Waals surface area (Å²) in [5.74, 6) is -1.38. The zero-order chi connectivity index (χ0) is 22.2. The molecule has 0 unspecified atom stereocenters. The number of aromatic nitrogens is 1. The summed E-state index contributed by atoms with van der Waals surface area (Å²) < 4.78 is 1.71. The first kappa shape index (κ1) is 22.0. The highest BCUT2D eigenvalue weighted by Crippen LogP contribution is 2.35. The number of hydrogen-bond donors (Lipinski definition) is 1. The topological polar surface area (TPSA) is 88.7 Å². The van der Waals surface area contributed by atoms with Gasteiger partial charge in [0.25, 0.3) is 0 Å². The number of nitroso groups, excluding NO2 is 1. The van der Waals surface area contributed by atoms with E-state index in [4.69, 9.17) is 34.8 Å². The SMILES string of the molecule is CCn1c(C)c(-c2ccc(Cl)c(N=O)c2)c(=O)c(C(=O)O)c1-c1ccc(Cl)c(Cl)c1. The molecule has 1 aromatic heterocycles. The molecule has 1 heterocycles. The fourth-order valence-electron chi connectivity index (χ4n) is 3.45. The normalized spacial score (nSPS) is 10.8. The van der Waals surface area contributed by atoms with Gasteiger partial charge in [-0.3, -0.25) is 4.79 Å². The molecule has 30 heavy (non-hydrogen) atoms. The van der Waals surface area contributed by atoms with E-state index in [1.807, 2.05) is 6.92 Å². The van der Waals surface area contributed by atoms with Gasteiger partial charge in [0.05, 0.1) is 20.8 Å². The number of carboxylic acids is 1. The summed E-state index contributed by atoms with van der Waals surface area (Å²) in [7, 11) is 0. The highest BCUT2D eigenvalue weighted by molar-refractivity contribution is 6.42. The zero-order valence-corrected chi connectivity index (χ0v) is 18.1. The van der Waals surface area contributed by atoms with E-state index in [0.717, 1.165) is 0 Å². The fourth-order valence-corrected chi connectivity index (χ4v) is 3.90. The van der Waals surface area contributed by atoms with Gasteiger partial charge in [-0.15, -0.1) is 4.91 Å². The molecule has 3 aromatic rings. The Bertz CT molecular complexity index is 1250. The second-order valence-electron chi connectivity index (χ2n) is 6.45. The Morgan fingerprint density at radius 1 is 1.03 bits per heavy atom. The Hall–Kier alpha value is -2.67. The van der Waals surface area contributed by atoms with E-state index in [1.54, 1.807) is 29.7 Å². The van der Waals surface area contributed by atoms with E-state index >= 15 is 0 Å². The minimum absolute atomic E-state index is 0.0403. The number of carboxylic acid groups (broad SMARTS) is 1. The van der Waals surface area contributed by atoms with Crippen LogP contribution in [-0.4, -0.2) is 15.6 Å². The maximum Gasteiger partial charge on any atom is 0.341 e. The Balaban J connectivity index is 2.45. The Morgan fingerprint density at radius 2 is 1.67 bits per heavy atom. The third kappa shape index (κ3) is 3.74. The monoisotopic (exact) mass is 464 g/mol. The molecule has 0 bridgehead atoms. The molecule has 0 spiro atoms. The molecule has 9 heteroatoms.